The molecule has 0 fully saturated rings. The lowest BCUT2D eigenvalue weighted by Gasteiger charge is -2.13. The molecule has 0 saturated heterocycles. The van der Waals surface area contributed by atoms with E-state index in [-0.39, 0.29) is 12.6 Å². The fourth-order valence-corrected chi connectivity index (χ4v) is 2.19. The number of hydrogen-bond donors (Lipinski definition) is 2. The van der Waals surface area contributed by atoms with Crippen LogP contribution in [-0.2, 0) is 6.61 Å². The van der Waals surface area contributed by atoms with Crippen molar-refractivity contribution in [3.63, 3.8) is 0 Å². The summed E-state index contributed by atoms with van der Waals surface area (Å²) in [7, 11) is 3.09. The number of methoxy groups -OCH3 is 2. The minimum absolute atomic E-state index is 0.125. The Balaban J connectivity index is 2.18. The van der Waals surface area contributed by atoms with E-state index in [9.17, 15) is 4.79 Å². The van der Waals surface area contributed by atoms with Crippen molar-refractivity contribution < 1.29 is 19.0 Å². The summed E-state index contributed by atoms with van der Waals surface area (Å²) >= 11 is 0. The summed E-state index contributed by atoms with van der Waals surface area (Å²) < 4.78 is 16.5. The van der Waals surface area contributed by atoms with Crippen LogP contribution < -0.4 is 25.7 Å². The molecule has 0 unspecified atom stereocenters. The van der Waals surface area contributed by atoms with E-state index in [1.807, 2.05) is 0 Å². The number of carbonyl (C=O) groups excluding carboxylic acids is 1. The van der Waals surface area contributed by atoms with E-state index >= 15 is 0 Å². The summed E-state index contributed by atoms with van der Waals surface area (Å²) in [5.41, 5.74) is 12.5. The van der Waals surface area contributed by atoms with Crippen LogP contribution in [0.1, 0.15) is 21.5 Å². The van der Waals surface area contributed by atoms with E-state index < -0.39 is 0 Å². The zero-order valence-electron chi connectivity index (χ0n) is 14.5. The Morgan fingerprint density at radius 1 is 1.00 bits per heavy atom. The fraction of sp³-hybridized carbons (Fsp3) is 0.167. The van der Waals surface area contributed by atoms with E-state index in [4.69, 9.17) is 25.7 Å². The molecule has 0 spiro atoms. The Hall–Kier alpha value is -3.55. The minimum atomic E-state index is -0.125. The molecule has 0 aliphatic carbocycles. The van der Waals surface area contributed by atoms with Crippen molar-refractivity contribution in [2.75, 3.05) is 14.2 Å². The van der Waals surface area contributed by atoms with Crippen LogP contribution in [0, 0.1) is 0 Å². The maximum Gasteiger partial charge on any atom is 0.211 e. The second kappa shape index (κ2) is 9.07. The topological polar surface area (TPSA) is 122 Å². The first-order valence-electron chi connectivity index (χ1n) is 7.62. The zero-order valence-corrected chi connectivity index (χ0v) is 14.5. The first-order valence-corrected chi connectivity index (χ1v) is 7.62. The molecule has 8 heteroatoms. The normalized spacial score (nSPS) is 10.4. The predicted molar refractivity (Wildman–Crippen MR) is 99.1 cm³/mol. The van der Waals surface area contributed by atoms with Crippen LogP contribution >= 0.6 is 0 Å². The van der Waals surface area contributed by atoms with Gasteiger partial charge in [0.1, 0.15) is 18.6 Å². The van der Waals surface area contributed by atoms with Gasteiger partial charge < -0.3 is 25.7 Å². The lowest BCUT2D eigenvalue weighted by molar-refractivity contribution is 0.112. The molecule has 26 heavy (non-hydrogen) atoms. The van der Waals surface area contributed by atoms with Crippen molar-refractivity contribution >= 4 is 18.5 Å². The van der Waals surface area contributed by atoms with E-state index in [0.29, 0.717) is 22.8 Å². The van der Waals surface area contributed by atoms with Crippen LogP contribution in [0.15, 0.2) is 46.6 Å². The Morgan fingerprint density at radius 3 is 2.35 bits per heavy atom. The highest BCUT2D eigenvalue weighted by molar-refractivity contribution is 5.82. The maximum absolute atomic E-state index is 11.0. The Labute approximate surface area is 151 Å². The number of carbonyl (C=O) groups is 1. The van der Waals surface area contributed by atoms with Crippen LogP contribution in [-0.4, -0.2) is 32.7 Å². The van der Waals surface area contributed by atoms with Gasteiger partial charge in [-0.25, -0.2) is 0 Å². The molecule has 0 amide bonds. The van der Waals surface area contributed by atoms with Gasteiger partial charge in [0.2, 0.25) is 5.96 Å². The summed E-state index contributed by atoms with van der Waals surface area (Å²) in [4.78, 5) is 11.0. The fourth-order valence-electron chi connectivity index (χ4n) is 2.19. The molecule has 8 nitrogen and oxygen atoms in total. The molecule has 0 atom stereocenters. The number of nitrogens with zero attached hydrogens (tertiary/aromatic N) is 2. The summed E-state index contributed by atoms with van der Waals surface area (Å²) in [6.45, 7) is 0.211. The van der Waals surface area contributed by atoms with Gasteiger partial charge in [0.15, 0.2) is 11.5 Å². The van der Waals surface area contributed by atoms with Gasteiger partial charge in [0.05, 0.1) is 20.4 Å². The monoisotopic (exact) mass is 356 g/mol. The average molecular weight is 356 g/mol. The van der Waals surface area contributed by atoms with Gasteiger partial charge >= 0.3 is 0 Å². The first-order chi connectivity index (χ1) is 12.6. The van der Waals surface area contributed by atoms with Gasteiger partial charge in [-0.2, -0.15) is 5.10 Å². The number of benzene rings is 2. The highest BCUT2D eigenvalue weighted by atomic mass is 16.5. The van der Waals surface area contributed by atoms with Gasteiger partial charge in [-0.05, 0) is 42.0 Å². The van der Waals surface area contributed by atoms with Gasteiger partial charge in [0, 0.05) is 11.1 Å². The minimum Gasteiger partial charge on any atom is -0.496 e. The molecule has 4 N–H and O–H groups in total. The molecule has 2 aromatic carbocycles. The third kappa shape index (κ3) is 4.97. The third-order valence-corrected chi connectivity index (χ3v) is 3.39. The van der Waals surface area contributed by atoms with Crippen molar-refractivity contribution in [3.8, 4) is 17.2 Å². The van der Waals surface area contributed by atoms with E-state index in [1.54, 1.807) is 43.5 Å². The molecule has 0 aromatic heterocycles. The Morgan fingerprint density at radius 2 is 1.69 bits per heavy atom. The van der Waals surface area contributed by atoms with Crippen LogP contribution in [0.3, 0.4) is 0 Å². The van der Waals surface area contributed by atoms with Gasteiger partial charge in [-0.15, -0.1) is 5.10 Å². The van der Waals surface area contributed by atoms with Gasteiger partial charge in [-0.3, -0.25) is 4.79 Å². The maximum atomic E-state index is 11.0. The zero-order chi connectivity index (χ0) is 18.9. The summed E-state index contributed by atoms with van der Waals surface area (Å²) in [6, 6.07) is 10.4. The smallest absolute Gasteiger partial charge is 0.211 e. The van der Waals surface area contributed by atoms with Crippen molar-refractivity contribution in [3.05, 3.63) is 53.1 Å². The molecule has 0 bridgehead atoms. The van der Waals surface area contributed by atoms with Crippen LogP contribution in [0.25, 0.3) is 0 Å². The molecule has 136 valence electrons. The summed E-state index contributed by atoms with van der Waals surface area (Å²) in [5, 5.41) is 7.28. The molecule has 0 aliphatic rings. The van der Waals surface area contributed by atoms with Crippen molar-refractivity contribution in [1.82, 2.24) is 0 Å². The summed E-state index contributed by atoms with van der Waals surface area (Å²) in [5.74, 6) is 1.56. The van der Waals surface area contributed by atoms with E-state index in [1.165, 1.54) is 13.3 Å². The number of aldehydes is 1. The van der Waals surface area contributed by atoms with Crippen LogP contribution in [0.4, 0.5) is 0 Å². The lowest BCUT2D eigenvalue weighted by Crippen LogP contribution is -2.21. The van der Waals surface area contributed by atoms with Crippen molar-refractivity contribution in [2.45, 2.75) is 6.61 Å². The number of guanidine groups is 1. The molecule has 0 heterocycles. The van der Waals surface area contributed by atoms with Gasteiger partial charge in [0.25, 0.3) is 0 Å². The van der Waals surface area contributed by atoms with E-state index in [0.717, 1.165) is 17.4 Å². The molecular formula is C18H20N4O4. The third-order valence-electron chi connectivity index (χ3n) is 3.39. The summed E-state index contributed by atoms with van der Waals surface area (Å²) in [6.07, 6.45) is 2.26. The number of hydrogen-bond acceptors (Lipinski definition) is 6. The molecule has 0 radical (unpaired) electrons. The molecule has 2 aromatic rings. The Bertz CT molecular complexity index is 830. The van der Waals surface area contributed by atoms with Crippen molar-refractivity contribution in [1.29, 1.82) is 0 Å². The SMILES string of the molecule is COc1ccc(C=O)cc1COc1ccc(C=NN=C(N)N)cc1OC. The van der Waals surface area contributed by atoms with Crippen molar-refractivity contribution in [2.24, 2.45) is 21.7 Å². The average Bonchev–Trinajstić information content (AvgIpc) is 2.66. The second-order valence-electron chi connectivity index (χ2n) is 5.16. The number of nitrogens with two attached hydrogens (primary N) is 2. The standard InChI is InChI=1S/C18H20N4O4/c1-24-15-5-4-13(10-23)7-14(15)11-26-16-6-3-12(8-17(16)25-2)9-21-22-18(19)20/h3-10H,11H2,1-2H3,(H4,19,20,22). The van der Waals surface area contributed by atoms with Gasteiger partial charge in [-0.1, -0.05) is 0 Å². The molecule has 2 rings (SSSR count). The quantitative estimate of drug-likeness (QED) is 0.321. The first kappa shape index (κ1) is 18.8. The molecular weight excluding hydrogens is 336 g/mol. The molecule has 0 saturated carbocycles. The largest absolute Gasteiger partial charge is 0.496 e. The van der Waals surface area contributed by atoms with Crippen LogP contribution in [0.5, 0.6) is 17.2 Å². The molecule has 0 aliphatic heterocycles. The number of rotatable bonds is 8. The lowest BCUT2D eigenvalue weighted by atomic mass is 10.1. The van der Waals surface area contributed by atoms with E-state index in [2.05, 4.69) is 10.2 Å². The highest BCUT2D eigenvalue weighted by Crippen LogP contribution is 2.29. The number of ether oxygens (including phenoxy) is 3. The second-order valence-corrected chi connectivity index (χ2v) is 5.16. The highest BCUT2D eigenvalue weighted by Gasteiger charge is 2.09. The van der Waals surface area contributed by atoms with Crippen LogP contribution in [0.2, 0.25) is 0 Å². The Kier molecular flexibility index (Phi) is 6.55. The predicted octanol–water partition coefficient (Wildman–Crippen LogP) is 1.70.